The van der Waals surface area contributed by atoms with Gasteiger partial charge in [0.2, 0.25) is 11.8 Å². The fourth-order valence-electron chi connectivity index (χ4n) is 5.06. The van der Waals surface area contributed by atoms with Crippen LogP contribution in [0.5, 0.6) is 5.75 Å². The highest BCUT2D eigenvalue weighted by Gasteiger charge is 2.43. The van der Waals surface area contributed by atoms with Crippen LogP contribution in [0.25, 0.3) is 10.4 Å². The molecule has 3 atom stereocenters. The zero-order chi connectivity index (χ0) is 31.0. The van der Waals surface area contributed by atoms with Crippen LogP contribution in [0.4, 0.5) is 5.69 Å². The molecule has 0 spiro atoms. The van der Waals surface area contributed by atoms with Crippen LogP contribution in [-0.2, 0) is 20.9 Å². The highest BCUT2D eigenvalue weighted by molar-refractivity contribution is 7.13. The number of hydrogen-bond donors (Lipinski definition) is 4. The third-order valence-corrected chi connectivity index (χ3v) is 8.36. The first-order chi connectivity index (χ1) is 20.5. The van der Waals surface area contributed by atoms with Gasteiger partial charge in [0.25, 0.3) is 0 Å². The van der Waals surface area contributed by atoms with Gasteiger partial charge < -0.3 is 35.8 Å². The highest BCUT2D eigenvalue weighted by atomic mass is 32.1. The first-order valence-corrected chi connectivity index (χ1v) is 15.5. The molecule has 2 amide bonds. The number of nitrogen functional groups attached to an aromatic ring is 1. The monoisotopic (exact) mass is 609 g/mol. The molecule has 232 valence electrons. The number of nitrogens with one attached hydrogen (secondary N) is 2. The van der Waals surface area contributed by atoms with Gasteiger partial charge in [0.1, 0.15) is 18.4 Å². The van der Waals surface area contributed by atoms with Gasteiger partial charge in [0.15, 0.2) is 0 Å². The number of nitrogens with zero attached hydrogens (tertiary/aromatic N) is 2. The van der Waals surface area contributed by atoms with E-state index >= 15 is 0 Å². The molecule has 11 heteroatoms. The maximum Gasteiger partial charge on any atom is 0.243 e. The lowest BCUT2D eigenvalue weighted by molar-refractivity contribution is -0.142. The van der Waals surface area contributed by atoms with E-state index in [0.717, 1.165) is 27.4 Å². The van der Waals surface area contributed by atoms with E-state index < -0.39 is 23.6 Å². The molecule has 4 rings (SSSR count). The molecule has 0 radical (unpaired) electrons. The maximum atomic E-state index is 13.7. The normalized spacial score (nSPS) is 17.6. The van der Waals surface area contributed by atoms with Gasteiger partial charge in [-0.3, -0.25) is 9.59 Å². The Hall–Kier alpha value is -3.51. The summed E-state index contributed by atoms with van der Waals surface area (Å²) < 4.78 is 11.3. The van der Waals surface area contributed by atoms with Crippen LogP contribution in [0.2, 0.25) is 0 Å². The molecule has 2 aromatic carbocycles. The molecule has 1 saturated heterocycles. The van der Waals surface area contributed by atoms with Crippen LogP contribution < -0.4 is 21.1 Å². The van der Waals surface area contributed by atoms with E-state index in [1.807, 2.05) is 69.6 Å². The van der Waals surface area contributed by atoms with Crippen LogP contribution >= 0.6 is 11.3 Å². The van der Waals surface area contributed by atoms with E-state index in [2.05, 4.69) is 15.6 Å². The minimum atomic E-state index is -0.758. The second-order valence-electron chi connectivity index (χ2n) is 11.9. The smallest absolute Gasteiger partial charge is 0.243 e. The number of likely N-dealkylation sites (tertiary alicyclic amines) is 1. The molecule has 43 heavy (non-hydrogen) atoms. The molecule has 2 heterocycles. The third kappa shape index (κ3) is 8.99. The van der Waals surface area contributed by atoms with Crippen LogP contribution in [0, 0.1) is 12.3 Å². The average molecular weight is 610 g/mol. The standard InChI is InChI=1S/C32H43N5O5S/c1-21-28(43-20-36-21)23-7-5-22(6-8-23)18-35-30(39)27-17-25(38)19-37(27)31(40)29(32(2,3)4)34-13-14-41-15-16-42-26-11-9-24(33)10-12-26/h5-12,20,25,27,29,34,38H,13-19,33H2,1-4H3,(H,35,39)/t25-,27+,29-/m1/s1. The van der Waals surface area contributed by atoms with Crippen molar-refractivity contribution in [2.75, 3.05) is 38.6 Å². The topological polar surface area (TPSA) is 139 Å². The maximum absolute atomic E-state index is 13.7. The number of thiazole rings is 1. The summed E-state index contributed by atoms with van der Waals surface area (Å²) >= 11 is 1.60. The van der Waals surface area contributed by atoms with Gasteiger partial charge in [-0.05, 0) is 47.7 Å². The first kappa shape index (κ1) is 32.4. The lowest BCUT2D eigenvalue weighted by atomic mass is 9.85. The van der Waals surface area contributed by atoms with Gasteiger partial charge in [0, 0.05) is 31.7 Å². The molecule has 0 unspecified atom stereocenters. The fourth-order valence-corrected chi connectivity index (χ4v) is 5.87. The summed E-state index contributed by atoms with van der Waals surface area (Å²) in [5, 5.41) is 16.7. The van der Waals surface area contributed by atoms with Crippen LogP contribution in [0.1, 0.15) is 38.4 Å². The Morgan fingerprint density at radius 1 is 1.12 bits per heavy atom. The van der Waals surface area contributed by atoms with E-state index in [1.54, 1.807) is 23.5 Å². The summed E-state index contributed by atoms with van der Waals surface area (Å²) in [5.74, 6) is 0.241. The van der Waals surface area contributed by atoms with E-state index in [4.69, 9.17) is 15.2 Å². The molecule has 10 nitrogen and oxygen atoms in total. The molecule has 3 aromatic rings. The fraction of sp³-hybridized carbons (Fsp3) is 0.469. The van der Waals surface area contributed by atoms with Crippen molar-refractivity contribution in [2.24, 2.45) is 5.41 Å². The number of aliphatic hydroxyl groups is 1. The summed E-state index contributed by atoms with van der Waals surface area (Å²) in [6.07, 6.45) is -0.554. The quantitative estimate of drug-likeness (QED) is 0.171. The molecule has 1 aliphatic rings. The van der Waals surface area contributed by atoms with E-state index in [1.165, 1.54) is 4.90 Å². The van der Waals surface area contributed by atoms with Crippen molar-refractivity contribution in [3.8, 4) is 16.2 Å². The molecular formula is C32H43N5O5S. The van der Waals surface area contributed by atoms with Gasteiger partial charge in [0.05, 0.1) is 41.4 Å². The van der Waals surface area contributed by atoms with Crippen LogP contribution in [-0.4, -0.2) is 77.9 Å². The van der Waals surface area contributed by atoms with Gasteiger partial charge >= 0.3 is 0 Å². The number of β-amino-alcohol motifs (C(OH)–C–C–N with tert-alkyl or cyclic N) is 1. The van der Waals surface area contributed by atoms with Crippen molar-refractivity contribution >= 4 is 28.8 Å². The number of nitrogens with two attached hydrogens (primary N) is 1. The second-order valence-corrected chi connectivity index (χ2v) is 12.7. The van der Waals surface area contributed by atoms with Crippen molar-refractivity contribution in [3.63, 3.8) is 0 Å². The number of ether oxygens (including phenoxy) is 2. The van der Waals surface area contributed by atoms with Gasteiger partial charge in [-0.2, -0.15) is 0 Å². The lowest BCUT2D eigenvalue weighted by Crippen LogP contribution is -2.57. The number of benzene rings is 2. The van der Waals surface area contributed by atoms with Crippen molar-refractivity contribution in [2.45, 2.75) is 58.8 Å². The molecule has 1 aliphatic heterocycles. The molecule has 0 aliphatic carbocycles. The first-order valence-electron chi connectivity index (χ1n) is 14.6. The number of hydrogen-bond acceptors (Lipinski definition) is 9. The molecule has 0 saturated carbocycles. The predicted octanol–water partition coefficient (Wildman–Crippen LogP) is 3.38. The number of aryl methyl sites for hydroxylation is 1. The summed E-state index contributed by atoms with van der Waals surface area (Å²) in [6, 6.07) is 13.9. The number of carbonyl (C=O) groups is 2. The minimum absolute atomic E-state index is 0.118. The van der Waals surface area contributed by atoms with Gasteiger partial charge in [-0.15, -0.1) is 11.3 Å². The molecule has 5 N–H and O–H groups in total. The number of aliphatic hydroxyl groups excluding tert-OH is 1. The predicted molar refractivity (Wildman–Crippen MR) is 169 cm³/mol. The molecular weight excluding hydrogens is 566 g/mol. The highest BCUT2D eigenvalue weighted by Crippen LogP contribution is 2.28. The van der Waals surface area contributed by atoms with E-state index in [9.17, 15) is 14.7 Å². The number of aromatic nitrogens is 1. The van der Waals surface area contributed by atoms with Crippen LogP contribution in [0.15, 0.2) is 54.0 Å². The Morgan fingerprint density at radius 3 is 2.49 bits per heavy atom. The summed E-state index contributed by atoms with van der Waals surface area (Å²) in [6.45, 7) is 9.98. The van der Waals surface area contributed by atoms with E-state index in [0.29, 0.717) is 38.6 Å². The van der Waals surface area contributed by atoms with Crippen molar-refractivity contribution < 1.29 is 24.2 Å². The summed E-state index contributed by atoms with van der Waals surface area (Å²) in [7, 11) is 0. The zero-order valence-electron chi connectivity index (χ0n) is 25.3. The number of carbonyl (C=O) groups excluding carboxylic acids is 2. The summed E-state index contributed by atoms with van der Waals surface area (Å²) in [4.78, 5) is 33.9. The van der Waals surface area contributed by atoms with Crippen LogP contribution in [0.3, 0.4) is 0 Å². The largest absolute Gasteiger partial charge is 0.491 e. The Balaban J connectivity index is 1.26. The Bertz CT molecular complexity index is 1340. The average Bonchev–Trinajstić information content (AvgIpc) is 3.58. The lowest BCUT2D eigenvalue weighted by Gasteiger charge is -2.35. The van der Waals surface area contributed by atoms with Crippen molar-refractivity contribution in [1.29, 1.82) is 0 Å². The Morgan fingerprint density at radius 2 is 1.84 bits per heavy atom. The van der Waals surface area contributed by atoms with Crippen molar-refractivity contribution in [3.05, 3.63) is 65.3 Å². The van der Waals surface area contributed by atoms with Crippen molar-refractivity contribution in [1.82, 2.24) is 20.5 Å². The van der Waals surface area contributed by atoms with Gasteiger partial charge in [-0.1, -0.05) is 45.0 Å². The molecule has 0 bridgehead atoms. The SMILES string of the molecule is Cc1ncsc1-c1ccc(CNC(=O)[C@@H]2C[C@@H](O)CN2C(=O)[C@@H](NCCOCCOc2ccc(N)cc2)C(C)(C)C)cc1. The Kier molecular flexibility index (Phi) is 11.1. The third-order valence-electron chi connectivity index (χ3n) is 7.38. The number of anilines is 1. The Labute approximate surface area is 257 Å². The van der Waals surface area contributed by atoms with Gasteiger partial charge in [-0.25, -0.2) is 4.98 Å². The minimum Gasteiger partial charge on any atom is -0.491 e. The number of rotatable bonds is 13. The summed E-state index contributed by atoms with van der Waals surface area (Å²) in [5.41, 5.74) is 10.8. The molecule has 1 fully saturated rings. The van der Waals surface area contributed by atoms with E-state index in [-0.39, 0.29) is 24.8 Å². The zero-order valence-corrected chi connectivity index (χ0v) is 26.2. The number of amides is 2. The second kappa shape index (κ2) is 14.8. The molecule has 1 aromatic heterocycles.